The summed E-state index contributed by atoms with van der Waals surface area (Å²) in [5, 5.41) is 12.2. The van der Waals surface area contributed by atoms with E-state index in [-0.39, 0.29) is 10.6 Å². The largest absolute Gasteiger partial charge is 0.477 e. The number of carboxylic acids is 1. The number of fused-ring (bicyclic) bond motifs is 1. The van der Waals surface area contributed by atoms with Crippen LogP contribution < -0.4 is 5.32 Å². The van der Waals surface area contributed by atoms with Crippen molar-refractivity contribution in [2.24, 2.45) is 0 Å². The number of hydrogen-bond donors (Lipinski definition) is 2. The number of thiophene rings is 1. The van der Waals surface area contributed by atoms with Gasteiger partial charge in [0.25, 0.3) is 0 Å². The van der Waals surface area contributed by atoms with Gasteiger partial charge in [-0.3, -0.25) is 4.79 Å². The molecule has 0 spiro atoms. The monoisotopic (exact) mass is 341 g/mol. The topological polar surface area (TPSA) is 101 Å². The normalized spacial score (nSPS) is 11.5. The van der Waals surface area contributed by atoms with E-state index in [0.717, 1.165) is 16.0 Å². The second kappa shape index (κ2) is 6.45. The Bertz CT molecular complexity index is 823. The first-order valence-corrected chi connectivity index (χ1v) is 9.21. The number of aromatic carboxylic acids is 1. The molecule has 0 radical (unpaired) electrons. The second-order valence-corrected chi connectivity index (χ2v) is 8.08. The maximum absolute atomic E-state index is 11.8. The first-order valence-electron chi connectivity index (χ1n) is 6.58. The molecule has 0 bridgehead atoms. The molecule has 0 aliphatic rings. The fourth-order valence-electron chi connectivity index (χ4n) is 2.01. The van der Waals surface area contributed by atoms with Crippen LogP contribution in [0.4, 0.5) is 5.69 Å². The predicted molar refractivity (Wildman–Crippen MR) is 86.4 cm³/mol. The highest BCUT2D eigenvalue weighted by Gasteiger charge is 2.16. The van der Waals surface area contributed by atoms with Crippen molar-refractivity contribution < 1.29 is 23.1 Å². The van der Waals surface area contributed by atoms with Gasteiger partial charge in [0.2, 0.25) is 5.91 Å². The minimum Gasteiger partial charge on any atom is -0.477 e. The lowest BCUT2D eigenvalue weighted by Gasteiger charge is -2.06. The van der Waals surface area contributed by atoms with Crippen molar-refractivity contribution in [2.45, 2.75) is 13.3 Å². The van der Waals surface area contributed by atoms with Crippen LogP contribution in [0.15, 0.2) is 24.3 Å². The highest BCUT2D eigenvalue weighted by Crippen LogP contribution is 2.28. The summed E-state index contributed by atoms with van der Waals surface area (Å²) in [5.41, 5.74) is 0.443. The van der Waals surface area contributed by atoms with E-state index in [2.05, 4.69) is 5.32 Å². The number of hydrogen-bond acceptors (Lipinski definition) is 5. The van der Waals surface area contributed by atoms with Gasteiger partial charge < -0.3 is 10.4 Å². The molecule has 118 valence electrons. The highest BCUT2D eigenvalue weighted by molar-refractivity contribution is 7.92. The molecule has 6 nitrogen and oxygen atoms in total. The van der Waals surface area contributed by atoms with Crippen molar-refractivity contribution >= 4 is 48.8 Å². The summed E-state index contributed by atoms with van der Waals surface area (Å²) in [6, 6.07) is 6.46. The Morgan fingerprint density at radius 2 is 2.00 bits per heavy atom. The van der Waals surface area contributed by atoms with Crippen molar-refractivity contribution in [1.82, 2.24) is 0 Å². The van der Waals surface area contributed by atoms with Gasteiger partial charge in [-0.05, 0) is 36.1 Å². The van der Waals surface area contributed by atoms with E-state index in [1.807, 2.05) is 0 Å². The Hall–Kier alpha value is -1.93. The predicted octanol–water partition coefficient (Wildman–Crippen LogP) is 2.36. The molecule has 1 aromatic carbocycles. The quantitative estimate of drug-likeness (QED) is 0.840. The lowest BCUT2D eigenvalue weighted by Crippen LogP contribution is -2.24. The zero-order chi connectivity index (χ0) is 16.3. The fourth-order valence-corrected chi connectivity index (χ4v) is 4.13. The average Bonchev–Trinajstić information content (AvgIpc) is 2.80. The lowest BCUT2D eigenvalue weighted by atomic mass is 10.2. The first kappa shape index (κ1) is 16.4. The van der Waals surface area contributed by atoms with Crippen LogP contribution in [0.1, 0.15) is 23.0 Å². The Kier molecular flexibility index (Phi) is 4.82. The molecule has 0 atom stereocenters. The van der Waals surface area contributed by atoms with Crippen LogP contribution in [-0.2, 0) is 14.6 Å². The molecule has 1 amide bonds. The minimum absolute atomic E-state index is 0.0219. The van der Waals surface area contributed by atoms with E-state index in [9.17, 15) is 18.0 Å². The van der Waals surface area contributed by atoms with Crippen LogP contribution in [0.5, 0.6) is 0 Å². The van der Waals surface area contributed by atoms with E-state index in [0.29, 0.717) is 17.5 Å². The number of sulfone groups is 1. The molecule has 0 aliphatic carbocycles. The Labute approximate surface area is 131 Å². The average molecular weight is 341 g/mol. The van der Waals surface area contributed by atoms with Crippen molar-refractivity contribution in [3.8, 4) is 0 Å². The maximum atomic E-state index is 11.8. The summed E-state index contributed by atoms with van der Waals surface area (Å²) in [4.78, 5) is 22.9. The van der Waals surface area contributed by atoms with Crippen molar-refractivity contribution in [3.05, 3.63) is 29.1 Å². The van der Waals surface area contributed by atoms with E-state index >= 15 is 0 Å². The Morgan fingerprint density at radius 1 is 1.27 bits per heavy atom. The first-order chi connectivity index (χ1) is 10.3. The zero-order valence-corrected chi connectivity index (χ0v) is 13.5. The summed E-state index contributed by atoms with van der Waals surface area (Å²) in [7, 11) is -3.39. The van der Waals surface area contributed by atoms with Gasteiger partial charge in [0.05, 0.1) is 5.75 Å². The van der Waals surface area contributed by atoms with Gasteiger partial charge in [-0.2, -0.15) is 0 Å². The highest BCUT2D eigenvalue weighted by atomic mass is 32.2. The molecule has 1 heterocycles. The SMILES string of the molecule is CCCS(=O)(=O)CC(=O)Nc1ccc2sc(C(=O)O)cc2c1. The number of anilines is 1. The molecule has 0 unspecified atom stereocenters. The fraction of sp³-hybridized carbons (Fsp3) is 0.286. The molecule has 2 rings (SSSR count). The molecule has 0 saturated carbocycles. The van der Waals surface area contributed by atoms with Gasteiger partial charge in [-0.1, -0.05) is 6.92 Å². The van der Waals surface area contributed by atoms with Gasteiger partial charge >= 0.3 is 5.97 Å². The molecule has 1 aromatic heterocycles. The van der Waals surface area contributed by atoms with Crippen LogP contribution in [0.2, 0.25) is 0 Å². The van der Waals surface area contributed by atoms with Crippen LogP contribution in [-0.4, -0.2) is 36.9 Å². The number of carbonyl (C=O) groups excluding carboxylic acids is 1. The van der Waals surface area contributed by atoms with Crippen molar-refractivity contribution in [1.29, 1.82) is 0 Å². The second-order valence-electron chi connectivity index (χ2n) is 4.81. The molecule has 0 saturated heterocycles. The van der Waals surface area contributed by atoms with Crippen molar-refractivity contribution in [3.63, 3.8) is 0 Å². The molecule has 2 N–H and O–H groups in total. The van der Waals surface area contributed by atoms with Gasteiger partial charge in [-0.15, -0.1) is 11.3 Å². The summed E-state index contributed by atoms with van der Waals surface area (Å²) in [5.74, 6) is -2.17. The summed E-state index contributed by atoms with van der Waals surface area (Å²) < 4.78 is 24.0. The Morgan fingerprint density at radius 3 is 2.64 bits per heavy atom. The third-order valence-corrected chi connectivity index (χ3v) is 5.71. The van der Waals surface area contributed by atoms with Crippen molar-refractivity contribution in [2.75, 3.05) is 16.8 Å². The molecule has 0 aliphatic heterocycles. The number of carbonyl (C=O) groups is 2. The number of nitrogens with one attached hydrogen (secondary N) is 1. The van der Waals surface area contributed by atoms with E-state index < -0.39 is 27.5 Å². The molecule has 2 aromatic rings. The molecule has 8 heteroatoms. The van der Waals surface area contributed by atoms with E-state index in [4.69, 9.17) is 5.11 Å². The number of rotatable bonds is 6. The van der Waals surface area contributed by atoms with Gasteiger partial charge in [0.15, 0.2) is 9.84 Å². The minimum atomic E-state index is -3.39. The number of carboxylic acid groups (broad SMARTS) is 1. The van der Waals surface area contributed by atoms with Gasteiger partial charge in [0.1, 0.15) is 10.6 Å². The molecular formula is C14H15NO5S2. The number of benzene rings is 1. The van der Waals surface area contributed by atoms with Crippen LogP contribution >= 0.6 is 11.3 Å². The standard InChI is InChI=1S/C14H15NO5S2/c1-2-5-22(19,20)8-13(16)15-10-3-4-11-9(6-10)7-12(21-11)14(17)18/h3-4,6-7H,2,5,8H2,1H3,(H,15,16)(H,17,18). The molecule has 22 heavy (non-hydrogen) atoms. The third kappa shape index (κ3) is 4.05. The van der Waals surface area contributed by atoms with Crippen LogP contribution in [0, 0.1) is 0 Å². The lowest BCUT2D eigenvalue weighted by molar-refractivity contribution is -0.113. The summed E-state index contributed by atoms with van der Waals surface area (Å²) in [6.07, 6.45) is 0.467. The van der Waals surface area contributed by atoms with E-state index in [1.165, 1.54) is 6.07 Å². The Balaban J connectivity index is 2.14. The van der Waals surface area contributed by atoms with Crippen LogP contribution in [0.3, 0.4) is 0 Å². The summed E-state index contributed by atoms with van der Waals surface area (Å²) in [6.45, 7) is 1.74. The maximum Gasteiger partial charge on any atom is 0.345 e. The zero-order valence-electron chi connectivity index (χ0n) is 11.8. The third-order valence-electron chi connectivity index (χ3n) is 2.88. The van der Waals surface area contributed by atoms with Crippen LogP contribution in [0.25, 0.3) is 10.1 Å². The molecular weight excluding hydrogens is 326 g/mol. The number of amides is 1. The van der Waals surface area contributed by atoms with Gasteiger partial charge in [0, 0.05) is 10.4 Å². The summed E-state index contributed by atoms with van der Waals surface area (Å²) >= 11 is 1.14. The molecule has 0 fully saturated rings. The van der Waals surface area contributed by atoms with Gasteiger partial charge in [-0.25, -0.2) is 13.2 Å². The smallest absolute Gasteiger partial charge is 0.345 e. The van der Waals surface area contributed by atoms with E-state index in [1.54, 1.807) is 25.1 Å².